The van der Waals surface area contributed by atoms with E-state index in [1.165, 1.54) is 23.3 Å². The van der Waals surface area contributed by atoms with Crippen LogP contribution in [-0.4, -0.2) is 27.7 Å². The number of carbonyl (C=O) groups excluding carboxylic acids is 1. The Morgan fingerprint density at radius 1 is 1.60 bits per heavy atom. The van der Waals surface area contributed by atoms with Gasteiger partial charge in [-0.1, -0.05) is 23.5 Å². The molecule has 0 N–H and O–H groups in total. The van der Waals surface area contributed by atoms with Crippen LogP contribution in [0.5, 0.6) is 0 Å². The van der Waals surface area contributed by atoms with Gasteiger partial charge in [0.15, 0.2) is 0 Å². The van der Waals surface area contributed by atoms with Gasteiger partial charge >= 0.3 is 0 Å². The lowest BCUT2D eigenvalue weighted by molar-refractivity contribution is -0.118. The molecule has 0 atom stereocenters. The van der Waals surface area contributed by atoms with Crippen molar-refractivity contribution in [2.24, 2.45) is 0 Å². The summed E-state index contributed by atoms with van der Waals surface area (Å²) in [6, 6.07) is 0. The van der Waals surface area contributed by atoms with Crippen LogP contribution in [-0.2, 0) is 4.79 Å². The summed E-state index contributed by atoms with van der Waals surface area (Å²) in [5, 5.41) is 11.5. The van der Waals surface area contributed by atoms with Crippen molar-refractivity contribution in [1.29, 1.82) is 0 Å². The zero-order chi connectivity index (χ0) is 10.7. The lowest BCUT2D eigenvalue weighted by atomic mass is 10.4. The SMILES string of the molecule is CC(=O)N(c1nncs1)N1C=CC=CC1. The number of amides is 1. The molecule has 15 heavy (non-hydrogen) atoms. The van der Waals surface area contributed by atoms with Crippen molar-refractivity contribution in [3.05, 3.63) is 29.9 Å². The third-order valence-electron chi connectivity index (χ3n) is 1.88. The standard InChI is InChI=1S/C9H10N4OS/c1-8(14)13(9-11-10-7-15-9)12-5-3-2-4-6-12/h2-5,7H,6H2,1H3. The van der Waals surface area contributed by atoms with Gasteiger partial charge in [0.05, 0.1) is 6.54 Å². The molecule has 1 aromatic rings. The number of hydrazine groups is 1. The highest BCUT2D eigenvalue weighted by Gasteiger charge is 2.20. The Bertz CT molecular complexity index is 398. The minimum absolute atomic E-state index is 0.0771. The number of carbonyl (C=O) groups is 1. The van der Waals surface area contributed by atoms with Crippen LogP contribution in [0.4, 0.5) is 5.13 Å². The van der Waals surface area contributed by atoms with Gasteiger partial charge < -0.3 is 0 Å². The molecule has 0 bridgehead atoms. The predicted octanol–water partition coefficient (Wildman–Crippen LogP) is 1.19. The van der Waals surface area contributed by atoms with E-state index in [4.69, 9.17) is 0 Å². The zero-order valence-corrected chi connectivity index (χ0v) is 9.02. The normalized spacial score (nSPS) is 14.3. The van der Waals surface area contributed by atoms with E-state index in [1.807, 2.05) is 24.4 Å². The second-order valence-corrected chi connectivity index (χ2v) is 3.76. The summed E-state index contributed by atoms with van der Waals surface area (Å²) in [5.41, 5.74) is 1.61. The maximum atomic E-state index is 11.5. The van der Waals surface area contributed by atoms with Gasteiger partial charge in [-0.15, -0.1) is 10.2 Å². The van der Waals surface area contributed by atoms with Gasteiger partial charge in [-0.05, 0) is 6.08 Å². The van der Waals surface area contributed by atoms with Crippen molar-refractivity contribution < 1.29 is 4.79 Å². The average Bonchev–Trinajstić information content (AvgIpc) is 2.72. The molecule has 1 aromatic heterocycles. The molecule has 0 fully saturated rings. The molecule has 1 amide bonds. The Balaban J connectivity index is 2.24. The van der Waals surface area contributed by atoms with Gasteiger partial charge in [-0.2, -0.15) is 5.01 Å². The summed E-state index contributed by atoms with van der Waals surface area (Å²) in [4.78, 5) is 11.5. The maximum absolute atomic E-state index is 11.5. The molecule has 5 nitrogen and oxygen atoms in total. The van der Waals surface area contributed by atoms with E-state index in [-0.39, 0.29) is 5.91 Å². The van der Waals surface area contributed by atoms with E-state index in [0.717, 1.165) is 0 Å². The maximum Gasteiger partial charge on any atom is 0.244 e. The van der Waals surface area contributed by atoms with Gasteiger partial charge in [-0.25, -0.2) is 0 Å². The van der Waals surface area contributed by atoms with Crippen LogP contribution < -0.4 is 5.01 Å². The fraction of sp³-hybridized carbons (Fsp3) is 0.222. The summed E-state index contributed by atoms with van der Waals surface area (Å²) in [6.07, 6.45) is 7.62. The van der Waals surface area contributed by atoms with E-state index in [2.05, 4.69) is 10.2 Å². The summed E-state index contributed by atoms with van der Waals surface area (Å²) >= 11 is 1.34. The van der Waals surface area contributed by atoms with Crippen LogP contribution in [0, 0.1) is 0 Å². The van der Waals surface area contributed by atoms with Crippen molar-refractivity contribution >= 4 is 22.4 Å². The van der Waals surface area contributed by atoms with Gasteiger partial charge in [0.1, 0.15) is 5.51 Å². The Morgan fingerprint density at radius 2 is 2.47 bits per heavy atom. The summed E-state index contributed by atoms with van der Waals surface area (Å²) in [6.45, 7) is 2.17. The number of rotatable bonds is 2. The molecular weight excluding hydrogens is 212 g/mol. The largest absolute Gasteiger partial charge is 0.280 e. The smallest absolute Gasteiger partial charge is 0.244 e. The molecule has 0 spiro atoms. The molecule has 0 saturated heterocycles. The average molecular weight is 222 g/mol. The molecule has 2 rings (SSSR count). The summed E-state index contributed by atoms with van der Waals surface area (Å²) < 4.78 is 0. The first-order chi connectivity index (χ1) is 7.29. The van der Waals surface area contributed by atoms with Gasteiger partial charge in [0.2, 0.25) is 11.0 Å². The fourth-order valence-corrected chi connectivity index (χ4v) is 1.91. The highest BCUT2D eigenvalue weighted by atomic mass is 32.1. The Labute approximate surface area is 91.3 Å². The number of aromatic nitrogens is 2. The van der Waals surface area contributed by atoms with Crippen LogP contribution >= 0.6 is 11.3 Å². The first-order valence-corrected chi connectivity index (χ1v) is 5.34. The summed E-state index contributed by atoms with van der Waals surface area (Å²) in [7, 11) is 0. The number of anilines is 1. The Hall–Kier alpha value is -1.69. The Morgan fingerprint density at radius 3 is 3.00 bits per heavy atom. The molecule has 0 aliphatic carbocycles. The third kappa shape index (κ3) is 2.04. The monoisotopic (exact) mass is 222 g/mol. The van der Waals surface area contributed by atoms with Crippen molar-refractivity contribution in [2.45, 2.75) is 6.92 Å². The number of allylic oxidation sites excluding steroid dienone is 2. The molecule has 78 valence electrons. The van der Waals surface area contributed by atoms with Crippen LogP contribution in [0.15, 0.2) is 29.9 Å². The lowest BCUT2D eigenvalue weighted by Gasteiger charge is -2.30. The number of hydrogen-bond donors (Lipinski definition) is 0. The quantitative estimate of drug-likeness (QED) is 0.754. The van der Waals surface area contributed by atoms with Crippen molar-refractivity contribution in [1.82, 2.24) is 15.2 Å². The molecule has 0 aromatic carbocycles. The van der Waals surface area contributed by atoms with E-state index in [0.29, 0.717) is 11.7 Å². The third-order valence-corrected chi connectivity index (χ3v) is 2.55. The van der Waals surface area contributed by atoms with E-state index >= 15 is 0 Å². The first kappa shape index (κ1) is 9.85. The highest BCUT2D eigenvalue weighted by molar-refractivity contribution is 7.13. The zero-order valence-electron chi connectivity index (χ0n) is 8.20. The van der Waals surface area contributed by atoms with Gasteiger partial charge in [-0.3, -0.25) is 9.80 Å². The van der Waals surface area contributed by atoms with Crippen LogP contribution in [0.3, 0.4) is 0 Å². The topological polar surface area (TPSA) is 49.3 Å². The minimum atomic E-state index is -0.0771. The molecule has 1 aliphatic rings. The minimum Gasteiger partial charge on any atom is -0.280 e. The fourth-order valence-electron chi connectivity index (χ4n) is 1.29. The molecular formula is C9H10N4OS. The van der Waals surface area contributed by atoms with Crippen molar-refractivity contribution in [2.75, 3.05) is 11.6 Å². The van der Waals surface area contributed by atoms with Gasteiger partial charge in [0, 0.05) is 13.1 Å². The number of nitrogens with zero attached hydrogens (tertiary/aromatic N) is 4. The van der Waals surface area contributed by atoms with E-state index in [1.54, 1.807) is 10.5 Å². The second kappa shape index (κ2) is 4.22. The van der Waals surface area contributed by atoms with Crippen molar-refractivity contribution in [3.63, 3.8) is 0 Å². The molecule has 1 aliphatic heterocycles. The summed E-state index contributed by atoms with van der Waals surface area (Å²) in [5.74, 6) is -0.0771. The van der Waals surface area contributed by atoms with Crippen molar-refractivity contribution in [3.8, 4) is 0 Å². The number of hydrogen-bond acceptors (Lipinski definition) is 5. The molecule has 0 unspecified atom stereocenters. The van der Waals surface area contributed by atoms with Crippen LogP contribution in [0.1, 0.15) is 6.92 Å². The van der Waals surface area contributed by atoms with E-state index in [9.17, 15) is 4.79 Å². The highest BCUT2D eigenvalue weighted by Crippen LogP contribution is 2.19. The lowest BCUT2D eigenvalue weighted by Crippen LogP contribution is -2.43. The molecule has 2 heterocycles. The van der Waals surface area contributed by atoms with Gasteiger partial charge in [0.25, 0.3) is 0 Å². The van der Waals surface area contributed by atoms with Crippen LogP contribution in [0.2, 0.25) is 0 Å². The van der Waals surface area contributed by atoms with Crippen LogP contribution in [0.25, 0.3) is 0 Å². The molecule has 6 heteroatoms. The predicted molar refractivity (Wildman–Crippen MR) is 58.1 cm³/mol. The molecule has 0 radical (unpaired) electrons. The second-order valence-electron chi connectivity index (χ2n) is 2.94. The van der Waals surface area contributed by atoms with E-state index < -0.39 is 0 Å². The molecule has 0 saturated carbocycles. The first-order valence-electron chi connectivity index (χ1n) is 4.46. The Kier molecular flexibility index (Phi) is 2.77.